The van der Waals surface area contributed by atoms with Crippen LogP contribution in [0, 0.1) is 34.0 Å². The van der Waals surface area contributed by atoms with E-state index in [1.165, 1.54) is 0 Å². The number of aliphatic hydroxyl groups excluding tert-OH is 1. The van der Waals surface area contributed by atoms with Crippen molar-refractivity contribution in [3.8, 4) is 0 Å². The number of hydrogen-bond acceptors (Lipinski definition) is 11. The molecule has 3 rings (SSSR count). The smallest absolute Gasteiger partial charge is 0.748 e. The van der Waals surface area contributed by atoms with Crippen LogP contribution in [0.25, 0.3) is 0 Å². The minimum absolute atomic E-state index is 0. The zero-order chi connectivity index (χ0) is 36.4. The quantitative estimate of drug-likeness (QED) is 0.0768. The van der Waals surface area contributed by atoms with Crippen LogP contribution in [0.1, 0.15) is 73.6 Å². The first-order valence-corrected chi connectivity index (χ1v) is 19.3. The summed E-state index contributed by atoms with van der Waals surface area (Å²) >= 11 is 4.97. The molecule has 0 aromatic carbocycles. The first kappa shape index (κ1) is 47.1. The number of ketones is 1. The maximum Gasteiger partial charge on any atom is 1.00 e. The third-order valence-electron chi connectivity index (χ3n) is 10.6. The minimum atomic E-state index is -4.08. The Morgan fingerprint density at radius 2 is 1.67 bits per heavy atom. The fourth-order valence-corrected chi connectivity index (χ4v) is 8.49. The van der Waals surface area contributed by atoms with Crippen LogP contribution in [0.15, 0.2) is 24.8 Å². The van der Waals surface area contributed by atoms with Crippen molar-refractivity contribution < 1.29 is 82.1 Å². The summed E-state index contributed by atoms with van der Waals surface area (Å²) in [5.74, 6) is -1.14. The van der Waals surface area contributed by atoms with E-state index in [9.17, 15) is 24.3 Å². The minimum Gasteiger partial charge on any atom is -0.748 e. The largest absolute Gasteiger partial charge is 1.00 e. The number of aliphatic carboxylic acids is 2. The first-order chi connectivity index (χ1) is 21.6. The van der Waals surface area contributed by atoms with E-state index in [2.05, 4.69) is 57.3 Å². The van der Waals surface area contributed by atoms with Crippen molar-refractivity contribution in [2.24, 2.45) is 34.0 Å². The molecular formula is C32H52NNaO11S3. The number of thioether (sulfide) groups is 1. The Labute approximate surface area is 316 Å². The van der Waals surface area contributed by atoms with E-state index < -0.39 is 44.0 Å². The number of carbonyl (C=O) groups is 4. The van der Waals surface area contributed by atoms with E-state index in [1.807, 2.05) is 13.0 Å². The molecule has 3 saturated carbocycles. The Hall–Kier alpha value is -0.880. The van der Waals surface area contributed by atoms with E-state index in [1.54, 1.807) is 11.8 Å². The van der Waals surface area contributed by atoms with Crippen molar-refractivity contribution in [3.63, 3.8) is 0 Å². The van der Waals surface area contributed by atoms with Crippen LogP contribution >= 0.6 is 11.8 Å². The predicted molar refractivity (Wildman–Crippen MR) is 183 cm³/mol. The number of carboxylic acid groups (broad SMARTS) is 2. The van der Waals surface area contributed by atoms with E-state index in [0.29, 0.717) is 36.5 Å². The number of nitrogens with zero attached hydrogens (tertiary/aromatic N) is 1. The molecule has 2 bridgehead atoms. The van der Waals surface area contributed by atoms with Crippen molar-refractivity contribution in [2.45, 2.75) is 85.9 Å². The Balaban J connectivity index is 0.00000133. The van der Waals surface area contributed by atoms with Gasteiger partial charge < -0.3 is 34.1 Å². The summed E-state index contributed by atoms with van der Waals surface area (Å²) in [5.41, 5.74) is -1.25. The van der Waals surface area contributed by atoms with Gasteiger partial charge in [0.05, 0.1) is 20.9 Å². The van der Waals surface area contributed by atoms with Gasteiger partial charge in [-0.3, -0.25) is 9.59 Å². The van der Waals surface area contributed by atoms with Crippen molar-refractivity contribution in [3.05, 3.63) is 24.8 Å². The summed E-state index contributed by atoms with van der Waals surface area (Å²) in [5, 5.41) is 27.2. The van der Waals surface area contributed by atoms with E-state index in [-0.39, 0.29) is 58.7 Å². The van der Waals surface area contributed by atoms with Crippen LogP contribution in [0.5, 0.6) is 0 Å². The van der Waals surface area contributed by atoms with Crippen LogP contribution in [0.4, 0.5) is 0 Å². The van der Waals surface area contributed by atoms with Gasteiger partial charge in [0.15, 0.2) is 0 Å². The Bertz CT molecular complexity index is 1240. The summed E-state index contributed by atoms with van der Waals surface area (Å²) in [6.45, 7) is 20.0. The molecule has 0 amide bonds. The van der Waals surface area contributed by atoms with E-state index in [4.69, 9.17) is 28.3 Å². The van der Waals surface area contributed by atoms with Gasteiger partial charge in [0.25, 0.3) is 0 Å². The zero-order valence-corrected chi connectivity index (χ0v) is 33.7. The maximum atomic E-state index is 13.4. The number of ether oxygens (including phenoxy) is 1. The molecule has 4 N–H and O–H groups in total. The molecule has 0 aromatic rings. The Morgan fingerprint density at radius 3 is 2.12 bits per heavy atom. The standard InChI is InChI=1S/C28H47NO4S.C4H4O4.Na.H2O3S2/c1-8-26(6)17-22(33-23(31)18-34-16-15-29(9-2)10-3)27(7)19(4)11-13-28(20(5)25(26)32)14-12-21(30)24(27)28;5-3(6)1-2-4(7)8;;1-5(2,3)4/h8,19-20,22,24-25,32H,1,9-18H2,2-7H3;1-2H,(H,5,6)(H,7,8);;(H2,1,2,3,4)/q;;+1;/p-1/b;2-1+;;/t19?,20-,22+,24-,25-,26+,27+,28-;;;/m0.../s1. The van der Waals surface area contributed by atoms with Gasteiger partial charge in [0.1, 0.15) is 11.9 Å². The molecule has 48 heavy (non-hydrogen) atoms. The third kappa shape index (κ3) is 12.7. The van der Waals surface area contributed by atoms with Gasteiger partial charge >= 0.3 is 47.5 Å². The van der Waals surface area contributed by atoms with E-state index >= 15 is 0 Å². The second-order valence-corrected chi connectivity index (χ2v) is 16.3. The molecule has 3 aliphatic rings. The van der Waals surface area contributed by atoms with Gasteiger partial charge in [-0.05, 0) is 67.2 Å². The second kappa shape index (κ2) is 20.2. The number of esters is 1. The molecule has 3 aliphatic carbocycles. The molecule has 9 atom stereocenters. The molecule has 0 heterocycles. The Kier molecular flexibility index (Phi) is 19.9. The number of carbonyl (C=O) groups excluding carboxylic acids is 2. The van der Waals surface area contributed by atoms with Crippen molar-refractivity contribution >= 4 is 55.7 Å². The Morgan fingerprint density at radius 1 is 1.15 bits per heavy atom. The normalized spacial score (nSPS) is 33.6. The van der Waals surface area contributed by atoms with Gasteiger partial charge in [0, 0.05) is 47.6 Å². The number of rotatable bonds is 11. The molecule has 0 radical (unpaired) electrons. The van der Waals surface area contributed by atoms with Gasteiger partial charge in [-0.1, -0.05) is 47.6 Å². The summed E-state index contributed by atoms with van der Waals surface area (Å²) in [4.78, 5) is 48.0. The molecule has 3 fully saturated rings. The monoisotopic (exact) mass is 745 g/mol. The first-order valence-electron chi connectivity index (χ1n) is 15.8. The predicted octanol–water partition coefficient (Wildman–Crippen LogP) is 1.02. The fourth-order valence-electron chi connectivity index (χ4n) is 7.73. The van der Waals surface area contributed by atoms with Gasteiger partial charge in [-0.2, -0.15) is 0 Å². The van der Waals surface area contributed by atoms with Gasteiger partial charge in [-0.25, -0.2) is 13.8 Å². The zero-order valence-electron chi connectivity index (χ0n) is 29.2. The molecule has 0 aromatic heterocycles. The SMILES string of the molecule is C=C[C@]1(C)C[C@@H](OC(=O)CSCCN(CC)CC)[C@@]2(C)C(C)CC[C@]3(CCC(=O)[C@H]32)[C@@H](C)[C@@H]1O.O=C(O)/C=C/C(=O)O.O=S([O-])(O)=S.[Na+]. The number of Topliss-reactive ketones (excluding diaryl/α,β-unsaturated/α-hetero) is 1. The van der Waals surface area contributed by atoms with Crippen molar-refractivity contribution in [2.75, 3.05) is 31.1 Å². The molecule has 2 unspecified atom stereocenters. The summed E-state index contributed by atoms with van der Waals surface area (Å²) < 4.78 is 31.6. The average Bonchev–Trinajstić information content (AvgIpc) is 3.34. The number of aliphatic hydroxyl groups is 1. The molecule has 0 spiro atoms. The van der Waals surface area contributed by atoms with E-state index in [0.717, 1.165) is 44.6 Å². The maximum absolute atomic E-state index is 13.4. The van der Waals surface area contributed by atoms with Gasteiger partial charge in [-0.15, -0.1) is 18.3 Å². The molecule has 12 nitrogen and oxygen atoms in total. The van der Waals surface area contributed by atoms with Gasteiger partial charge in [0.2, 0.25) is 0 Å². The third-order valence-corrected chi connectivity index (χ3v) is 11.5. The number of hydrogen-bond donors (Lipinski definition) is 4. The molecule has 16 heteroatoms. The average molecular weight is 746 g/mol. The summed E-state index contributed by atoms with van der Waals surface area (Å²) in [6.07, 6.45) is 5.76. The van der Waals surface area contributed by atoms with Crippen LogP contribution in [0.3, 0.4) is 0 Å². The van der Waals surface area contributed by atoms with Crippen molar-refractivity contribution in [1.29, 1.82) is 0 Å². The summed E-state index contributed by atoms with van der Waals surface area (Å²) in [7, 11) is -4.08. The molecular weight excluding hydrogens is 694 g/mol. The van der Waals surface area contributed by atoms with Crippen LogP contribution in [-0.2, 0) is 44.2 Å². The molecule has 0 aliphatic heterocycles. The van der Waals surface area contributed by atoms with Crippen LogP contribution in [-0.4, -0.2) is 101 Å². The van der Waals surface area contributed by atoms with Crippen LogP contribution < -0.4 is 29.6 Å². The fraction of sp³-hybridized carbons (Fsp3) is 0.750. The molecule has 270 valence electrons. The summed E-state index contributed by atoms with van der Waals surface area (Å²) in [6, 6.07) is 0. The van der Waals surface area contributed by atoms with Crippen LogP contribution in [0.2, 0.25) is 0 Å². The number of carboxylic acids is 2. The topological polar surface area (TPSA) is 202 Å². The second-order valence-electron chi connectivity index (χ2n) is 13.1. The molecule has 0 saturated heterocycles. The van der Waals surface area contributed by atoms with Crippen molar-refractivity contribution in [1.82, 2.24) is 4.90 Å².